The smallest absolute Gasteiger partial charge is 0.350 e. The van der Waals surface area contributed by atoms with Gasteiger partial charge in [0.2, 0.25) is 5.60 Å². The van der Waals surface area contributed by atoms with Gasteiger partial charge in [0, 0.05) is 40.8 Å². The molecule has 10 heteroatoms. The number of hydrogen-bond donors (Lipinski definition) is 3. The third-order valence-electron chi connectivity index (χ3n) is 14.7. The number of aliphatic hydroxyl groups excluding tert-OH is 1. The van der Waals surface area contributed by atoms with E-state index in [1.165, 1.54) is 57.6 Å². The number of allylic oxidation sites excluding steroid dienone is 12. The molecule has 0 saturated carbocycles. The summed E-state index contributed by atoms with van der Waals surface area (Å²) in [6.45, 7) is 24.0. The summed E-state index contributed by atoms with van der Waals surface area (Å²) in [6, 6.07) is 0. The Labute approximate surface area is 389 Å². The highest BCUT2D eigenvalue weighted by atomic mass is 16.5. The third-order valence-corrected chi connectivity index (χ3v) is 14.7. The third kappa shape index (κ3) is 10.4. The molecule has 1 unspecified atom stereocenters. The topological polar surface area (TPSA) is 142 Å². The van der Waals surface area contributed by atoms with Crippen LogP contribution < -0.4 is 5.32 Å². The van der Waals surface area contributed by atoms with Gasteiger partial charge in [0.05, 0.1) is 41.3 Å². The van der Waals surface area contributed by atoms with E-state index in [4.69, 9.17) is 24.5 Å². The van der Waals surface area contributed by atoms with Crippen LogP contribution in [0, 0.1) is 29.6 Å². The maximum atomic E-state index is 13.7. The molecule has 1 fully saturated rings. The van der Waals surface area contributed by atoms with Crippen molar-refractivity contribution < 1.29 is 29.3 Å². The Balaban J connectivity index is 1.22. The number of methoxy groups -OCH3 is 1. The first-order valence-electron chi connectivity index (χ1n) is 24.6. The van der Waals surface area contributed by atoms with E-state index >= 15 is 0 Å². The van der Waals surface area contributed by atoms with Crippen LogP contribution in [0.2, 0.25) is 0 Å². The Bertz CT molecular complexity index is 2320. The Morgan fingerprint density at radius 2 is 1.42 bits per heavy atom. The molecule has 10 nitrogen and oxygen atoms in total. The van der Waals surface area contributed by atoms with Gasteiger partial charge in [-0.1, -0.05) is 99.0 Å². The Kier molecular flexibility index (Phi) is 16.2. The highest BCUT2D eigenvalue weighted by Crippen LogP contribution is 2.51. The molecule has 1 aliphatic carbocycles. The first-order chi connectivity index (χ1) is 30.9. The zero-order valence-electron chi connectivity index (χ0n) is 41.5. The molecule has 6 rings (SSSR count). The quantitative estimate of drug-likeness (QED) is 0.0816. The predicted octanol–water partition coefficient (Wildman–Crippen LogP) is 12.3. The maximum absolute atomic E-state index is 13.7. The molecular weight excluding hydrogens is 813 g/mol. The number of fused-ring (bicyclic) bond motifs is 5. The average molecular weight is 889 g/mol. The summed E-state index contributed by atoms with van der Waals surface area (Å²) < 4.78 is 11.0. The van der Waals surface area contributed by atoms with Crippen molar-refractivity contribution in [3.8, 4) is 0 Å². The molecule has 65 heavy (non-hydrogen) atoms. The van der Waals surface area contributed by atoms with Crippen molar-refractivity contribution in [2.45, 2.75) is 165 Å². The van der Waals surface area contributed by atoms with E-state index in [9.17, 15) is 19.8 Å². The Morgan fingerprint density at radius 3 is 2.02 bits per heavy atom. The first kappa shape index (κ1) is 49.6. The van der Waals surface area contributed by atoms with Crippen LogP contribution in [0.4, 0.5) is 0 Å². The number of esters is 2. The number of ether oxygens (including phenoxy) is 2. The number of aliphatic hydroxyl groups is 2. The van der Waals surface area contributed by atoms with Gasteiger partial charge in [-0.25, -0.2) is 19.8 Å². The van der Waals surface area contributed by atoms with Gasteiger partial charge in [-0.2, -0.15) is 0 Å². The highest BCUT2D eigenvalue weighted by molar-refractivity contribution is 6.26. The van der Waals surface area contributed by atoms with Gasteiger partial charge in [-0.05, 0) is 130 Å². The second-order valence-electron chi connectivity index (χ2n) is 19.9. The lowest BCUT2D eigenvalue weighted by Gasteiger charge is -2.26. The molecule has 0 radical (unpaired) electrons. The van der Waals surface area contributed by atoms with Crippen LogP contribution in [0.15, 0.2) is 118 Å². The Hall–Kier alpha value is -4.83. The van der Waals surface area contributed by atoms with E-state index in [2.05, 4.69) is 80.6 Å². The van der Waals surface area contributed by atoms with Crippen LogP contribution in [0.5, 0.6) is 0 Å². The molecule has 5 aliphatic heterocycles. The molecule has 5 heterocycles. The second kappa shape index (κ2) is 21.2. The van der Waals surface area contributed by atoms with E-state index in [0.29, 0.717) is 29.3 Å². The first-order valence-corrected chi connectivity index (χ1v) is 24.6. The van der Waals surface area contributed by atoms with Gasteiger partial charge in [0.1, 0.15) is 6.61 Å². The number of hydrogen-bond acceptors (Lipinski definition) is 10. The van der Waals surface area contributed by atoms with Crippen LogP contribution in [0.3, 0.4) is 0 Å². The van der Waals surface area contributed by atoms with Crippen LogP contribution in [0.1, 0.15) is 160 Å². The van der Waals surface area contributed by atoms with Crippen molar-refractivity contribution in [3.05, 3.63) is 103 Å². The fourth-order valence-corrected chi connectivity index (χ4v) is 10.5. The summed E-state index contributed by atoms with van der Waals surface area (Å²) in [5.74, 6) is -0.185. The minimum absolute atomic E-state index is 0.101. The largest absolute Gasteiger partial charge is 0.507 e. The Morgan fingerprint density at radius 1 is 0.831 bits per heavy atom. The van der Waals surface area contributed by atoms with Gasteiger partial charge in [0.25, 0.3) is 0 Å². The van der Waals surface area contributed by atoms with Crippen LogP contribution in [-0.2, 0) is 19.1 Å². The van der Waals surface area contributed by atoms with Crippen molar-refractivity contribution in [3.63, 3.8) is 0 Å². The van der Waals surface area contributed by atoms with Gasteiger partial charge in [0.15, 0.2) is 5.76 Å². The van der Waals surface area contributed by atoms with E-state index in [1.807, 2.05) is 25.2 Å². The summed E-state index contributed by atoms with van der Waals surface area (Å²) in [5, 5.41) is 27.9. The number of carbonyl (C=O) groups excluding carboxylic acids is 2. The van der Waals surface area contributed by atoms with E-state index in [-0.39, 0.29) is 41.8 Å². The monoisotopic (exact) mass is 889 g/mol. The molecule has 1 saturated heterocycles. The number of aliphatic imine (C=N–C) groups is 3. The van der Waals surface area contributed by atoms with Gasteiger partial charge < -0.3 is 25.0 Å². The summed E-state index contributed by atoms with van der Waals surface area (Å²) in [4.78, 5) is 42.5. The summed E-state index contributed by atoms with van der Waals surface area (Å²) in [5.41, 5.74) is 9.49. The summed E-state index contributed by atoms with van der Waals surface area (Å²) >= 11 is 0. The molecule has 0 aromatic heterocycles. The summed E-state index contributed by atoms with van der Waals surface area (Å²) in [6.07, 6.45) is 21.2. The number of nitrogens with zero attached hydrogens (tertiary/aromatic N) is 3. The lowest BCUT2D eigenvalue weighted by molar-refractivity contribution is -0.156. The predicted molar refractivity (Wildman–Crippen MR) is 263 cm³/mol. The van der Waals surface area contributed by atoms with E-state index < -0.39 is 23.2 Å². The molecule has 352 valence electrons. The molecule has 0 spiro atoms. The minimum Gasteiger partial charge on any atom is -0.507 e. The maximum Gasteiger partial charge on any atom is 0.350 e. The van der Waals surface area contributed by atoms with Crippen LogP contribution in [0.25, 0.3) is 0 Å². The molecule has 6 aliphatic rings. The number of nitrogens with one attached hydrogen (secondary N) is 1. The van der Waals surface area contributed by atoms with E-state index in [0.717, 1.165) is 88.3 Å². The van der Waals surface area contributed by atoms with Gasteiger partial charge in [-0.15, -0.1) is 0 Å². The SMILES string of the molecule is CCC1=C(C)C2=NC1=CC1=C(C)C3=C(O)C(O)(C(=O)OC)C(=C4NC(=CC5=NC(=C2)C(CC)=C5C)[C@@H](C)[C@@H]4CCC(=O)OC/C=C(\C)CCC[C@H](C)CCC[C@H](C)CCCC(C)C)C3=N1. The molecule has 5 atom stereocenters. The van der Waals surface area contributed by atoms with Crippen molar-refractivity contribution in [2.75, 3.05) is 13.7 Å². The lowest BCUT2D eigenvalue weighted by atomic mass is 9.83. The summed E-state index contributed by atoms with van der Waals surface area (Å²) in [7, 11) is 1.19. The highest BCUT2D eigenvalue weighted by Gasteiger charge is 2.59. The molecule has 0 amide bonds. The number of rotatable bonds is 20. The fourth-order valence-electron chi connectivity index (χ4n) is 10.5. The average Bonchev–Trinajstić information content (AvgIpc) is 3.99. The van der Waals surface area contributed by atoms with E-state index in [1.54, 1.807) is 0 Å². The molecule has 0 aromatic rings. The van der Waals surface area contributed by atoms with Crippen molar-refractivity contribution >= 4 is 29.1 Å². The minimum atomic E-state index is -2.54. The van der Waals surface area contributed by atoms with Crippen LogP contribution >= 0.6 is 0 Å². The van der Waals surface area contributed by atoms with Crippen molar-refractivity contribution in [1.29, 1.82) is 0 Å². The van der Waals surface area contributed by atoms with Crippen molar-refractivity contribution in [1.82, 2.24) is 5.32 Å². The van der Waals surface area contributed by atoms with Crippen molar-refractivity contribution in [2.24, 2.45) is 44.6 Å². The molecule has 8 bridgehead atoms. The molecular formula is C55H76N4O6. The fraction of sp³-hybridized carbons (Fsp3) is 0.582. The zero-order chi connectivity index (χ0) is 47.3. The number of carbonyl (C=O) groups is 2. The zero-order valence-corrected chi connectivity index (χ0v) is 41.5. The standard InChI is InChI=1S/C55H76N4O6/c1-13-39-35(8)42-28-44-37(10)41(24-25-48(60)65-27-26-34(7)23-17-22-33(6)21-16-20-32(5)19-15-18-31(3)4)51(58-44)50-52-49(53(61)55(50,63)54(62)64-12)38(11)45(59-52)30-47-40(14-2)36(9)43(57-47)29-46(39)56-42/h26,28-33,37,41,58,61,63H,13-25,27H2,1-12H3/b34-26+,44-28?,46-29?,47-30?,51-50?/t32-,33-,37+,41+,55?/m1/s1. The van der Waals surface area contributed by atoms with Gasteiger partial charge in [-0.3, -0.25) is 4.79 Å². The second-order valence-corrected chi connectivity index (χ2v) is 19.9. The normalized spacial score (nSPS) is 23.8. The lowest BCUT2D eigenvalue weighted by Crippen LogP contribution is -2.44. The van der Waals surface area contributed by atoms with Gasteiger partial charge >= 0.3 is 11.9 Å². The molecule has 3 N–H and O–H groups in total. The molecule has 0 aromatic carbocycles. The van der Waals surface area contributed by atoms with Crippen LogP contribution in [-0.4, -0.2) is 58.6 Å².